The molecule has 0 radical (unpaired) electrons. The lowest BCUT2D eigenvalue weighted by atomic mass is 10.1. The van der Waals surface area contributed by atoms with Crippen LogP contribution in [0.25, 0.3) is 0 Å². The predicted molar refractivity (Wildman–Crippen MR) is 98.4 cm³/mol. The maximum atomic E-state index is 13.7. The molecule has 0 spiro atoms. The van der Waals surface area contributed by atoms with Crippen molar-refractivity contribution in [1.29, 1.82) is 0 Å². The summed E-state index contributed by atoms with van der Waals surface area (Å²) in [4.78, 5) is 24.5. The van der Waals surface area contributed by atoms with Gasteiger partial charge in [0.25, 0.3) is 11.8 Å². The van der Waals surface area contributed by atoms with E-state index in [1.165, 1.54) is 18.2 Å². The lowest BCUT2D eigenvalue weighted by molar-refractivity contribution is 0.0949. The predicted octanol–water partition coefficient (Wildman–Crippen LogP) is 4.01. The highest BCUT2D eigenvalue weighted by atomic mass is 19.1. The summed E-state index contributed by atoms with van der Waals surface area (Å²) in [6.45, 7) is 0.408. The van der Waals surface area contributed by atoms with Crippen molar-refractivity contribution in [2.45, 2.75) is 6.54 Å². The summed E-state index contributed by atoms with van der Waals surface area (Å²) >= 11 is 0. The topological polar surface area (TPSA) is 58.2 Å². The van der Waals surface area contributed by atoms with Gasteiger partial charge in [-0.15, -0.1) is 0 Å². The molecule has 3 aromatic rings. The number of anilines is 1. The molecule has 3 aromatic carbocycles. The van der Waals surface area contributed by atoms with Crippen LogP contribution < -0.4 is 10.6 Å². The summed E-state index contributed by atoms with van der Waals surface area (Å²) in [5.41, 5.74) is 1.77. The third-order valence-electron chi connectivity index (χ3n) is 3.80. The van der Waals surface area contributed by atoms with E-state index in [-0.39, 0.29) is 11.5 Å². The Hall–Kier alpha value is -3.47. The number of amides is 2. The Balaban J connectivity index is 1.67. The molecule has 2 amide bonds. The second-order valence-corrected chi connectivity index (χ2v) is 5.68. The molecule has 0 aliphatic rings. The van der Waals surface area contributed by atoms with Crippen molar-refractivity contribution in [2.24, 2.45) is 0 Å². The number of hydrogen-bond donors (Lipinski definition) is 2. The monoisotopic (exact) mass is 348 g/mol. The number of nitrogens with one attached hydrogen (secondary N) is 2. The molecule has 0 aromatic heterocycles. The van der Waals surface area contributed by atoms with Gasteiger partial charge in [-0.2, -0.15) is 0 Å². The van der Waals surface area contributed by atoms with Crippen molar-refractivity contribution in [3.8, 4) is 0 Å². The smallest absolute Gasteiger partial charge is 0.258 e. The Morgan fingerprint density at radius 3 is 2.31 bits per heavy atom. The lowest BCUT2D eigenvalue weighted by Gasteiger charge is -2.09. The minimum Gasteiger partial charge on any atom is -0.348 e. The van der Waals surface area contributed by atoms with Gasteiger partial charge in [0.15, 0.2) is 0 Å². The fourth-order valence-corrected chi connectivity index (χ4v) is 2.46. The molecule has 0 heterocycles. The first-order valence-electron chi connectivity index (χ1n) is 8.11. The highest BCUT2D eigenvalue weighted by Crippen LogP contribution is 2.14. The Kier molecular flexibility index (Phi) is 5.39. The van der Waals surface area contributed by atoms with Gasteiger partial charge in [-0.1, -0.05) is 48.5 Å². The quantitative estimate of drug-likeness (QED) is 0.732. The SMILES string of the molecule is O=C(NCc1ccccc1)c1cccc(NC(=O)c2ccccc2F)c1. The van der Waals surface area contributed by atoms with E-state index in [1.54, 1.807) is 30.3 Å². The first-order chi connectivity index (χ1) is 12.6. The zero-order valence-corrected chi connectivity index (χ0v) is 13.9. The average Bonchev–Trinajstić information content (AvgIpc) is 2.67. The summed E-state index contributed by atoms with van der Waals surface area (Å²) in [6, 6.07) is 21.8. The molecule has 0 aliphatic carbocycles. The highest BCUT2D eigenvalue weighted by Gasteiger charge is 2.12. The second-order valence-electron chi connectivity index (χ2n) is 5.68. The van der Waals surface area contributed by atoms with Crippen LogP contribution in [0.4, 0.5) is 10.1 Å². The Morgan fingerprint density at radius 2 is 1.54 bits per heavy atom. The van der Waals surface area contributed by atoms with Crippen LogP contribution >= 0.6 is 0 Å². The zero-order chi connectivity index (χ0) is 18.4. The van der Waals surface area contributed by atoms with Crippen LogP contribution in [0.5, 0.6) is 0 Å². The van der Waals surface area contributed by atoms with Gasteiger partial charge in [-0.05, 0) is 35.9 Å². The van der Waals surface area contributed by atoms with Crippen LogP contribution in [0.3, 0.4) is 0 Å². The van der Waals surface area contributed by atoms with Crippen LogP contribution in [0.1, 0.15) is 26.3 Å². The normalized spacial score (nSPS) is 10.2. The molecule has 2 N–H and O–H groups in total. The van der Waals surface area contributed by atoms with Gasteiger partial charge in [0.05, 0.1) is 5.56 Å². The van der Waals surface area contributed by atoms with Gasteiger partial charge in [-0.25, -0.2) is 4.39 Å². The van der Waals surface area contributed by atoms with Crippen LogP contribution in [0.15, 0.2) is 78.9 Å². The van der Waals surface area contributed by atoms with Crippen molar-refractivity contribution in [2.75, 3.05) is 5.32 Å². The largest absolute Gasteiger partial charge is 0.348 e. The minimum absolute atomic E-state index is 0.0496. The molecule has 3 rings (SSSR count). The maximum absolute atomic E-state index is 13.7. The molecule has 0 aliphatic heterocycles. The van der Waals surface area contributed by atoms with Crippen molar-refractivity contribution in [3.63, 3.8) is 0 Å². The molecule has 26 heavy (non-hydrogen) atoms. The molecule has 0 saturated carbocycles. The summed E-state index contributed by atoms with van der Waals surface area (Å²) in [5.74, 6) is -1.41. The van der Waals surface area contributed by atoms with Crippen LogP contribution in [0.2, 0.25) is 0 Å². The molecular formula is C21H17FN2O2. The van der Waals surface area contributed by atoms with E-state index >= 15 is 0 Å². The summed E-state index contributed by atoms with van der Waals surface area (Å²) in [7, 11) is 0. The van der Waals surface area contributed by atoms with Gasteiger partial charge in [0.1, 0.15) is 5.82 Å². The van der Waals surface area contributed by atoms with E-state index in [9.17, 15) is 14.0 Å². The summed E-state index contributed by atoms with van der Waals surface area (Å²) in [5, 5.41) is 5.43. The first kappa shape index (κ1) is 17.4. The molecule has 0 unspecified atom stereocenters. The lowest BCUT2D eigenvalue weighted by Crippen LogP contribution is -2.23. The number of rotatable bonds is 5. The second kappa shape index (κ2) is 8.07. The minimum atomic E-state index is -0.596. The third-order valence-corrected chi connectivity index (χ3v) is 3.80. The van der Waals surface area contributed by atoms with Crippen molar-refractivity contribution < 1.29 is 14.0 Å². The number of halogens is 1. The van der Waals surface area contributed by atoms with Gasteiger partial charge in [0.2, 0.25) is 0 Å². The van der Waals surface area contributed by atoms with E-state index in [0.29, 0.717) is 17.8 Å². The number of hydrogen-bond acceptors (Lipinski definition) is 2. The van der Waals surface area contributed by atoms with Gasteiger partial charge < -0.3 is 10.6 Å². The fourth-order valence-electron chi connectivity index (χ4n) is 2.46. The number of carbonyl (C=O) groups excluding carboxylic acids is 2. The third kappa shape index (κ3) is 4.33. The molecule has 5 heteroatoms. The molecule has 130 valence electrons. The standard InChI is InChI=1S/C21H17FN2O2/c22-19-12-5-4-11-18(19)21(26)24-17-10-6-9-16(13-17)20(25)23-14-15-7-2-1-3-8-15/h1-13H,14H2,(H,23,25)(H,24,26). The Morgan fingerprint density at radius 1 is 0.808 bits per heavy atom. The van der Waals surface area contributed by atoms with Crippen LogP contribution in [0, 0.1) is 5.82 Å². The Labute approximate surface area is 150 Å². The Bertz CT molecular complexity index is 926. The number of carbonyl (C=O) groups is 2. The average molecular weight is 348 g/mol. The molecule has 0 fully saturated rings. The van der Waals surface area contributed by atoms with Gasteiger partial charge >= 0.3 is 0 Å². The molecule has 0 atom stereocenters. The number of benzene rings is 3. The van der Waals surface area contributed by atoms with E-state index < -0.39 is 11.7 Å². The zero-order valence-electron chi connectivity index (χ0n) is 13.9. The van der Waals surface area contributed by atoms with E-state index in [0.717, 1.165) is 5.56 Å². The molecule has 0 bridgehead atoms. The van der Waals surface area contributed by atoms with Gasteiger partial charge in [-0.3, -0.25) is 9.59 Å². The van der Waals surface area contributed by atoms with Crippen molar-refractivity contribution in [1.82, 2.24) is 5.32 Å². The van der Waals surface area contributed by atoms with E-state index in [1.807, 2.05) is 30.3 Å². The van der Waals surface area contributed by atoms with Crippen molar-refractivity contribution in [3.05, 3.63) is 101 Å². The van der Waals surface area contributed by atoms with Crippen LogP contribution in [-0.2, 0) is 6.54 Å². The first-order valence-corrected chi connectivity index (χ1v) is 8.11. The van der Waals surface area contributed by atoms with E-state index in [2.05, 4.69) is 10.6 Å². The molecular weight excluding hydrogens is 331 g/mol. The van der Waals surface area contributed by atoms with Crippen LogP contribution in [-0.4, -0.2) is 11.8 Å². The highest BCUT2D eigenvalue weighted by molar-refractivity contribution is 6.05. The fraction of sp³-hybridized carbons (Fsp3) is 0.0476. The summed E-state index contributed by atoms with van der Waals surface area (Å²) < 4.78 is 13.7. The summed E-state index contributed by atoms with van der Waals surface area (Å²) in [6.07, 6.45) is 0. The molecule has 4 nitrogen and oxygen atoms in total. The molecule has 0 saturated heterocycles. The van der Waals surface area contributed by atoms with Crippen molar-refractivity contribution >= 4 is 17.5 Å². The maximum Gasteiger partial charge on any atom is 0.258 e. The van der Waals surface area contributed by atoms with E-state index in [4.69, 9.17) is 0 Å². The van der Waals surface area contributed by atoms with Gasteiger partial charge in [0, 0.05) is 17.8 Å².